The molecule has 3 heterocycles. The molecule has 3 unspecified atom stereocenters. The minimum atomic E-state index is -0.795. The van der Waals surface area contributed by atoms with Gasteiger partial charge in [0, 0.05) is 12.3 Å². The maximum absolute atomic E-state index is 12.2. The topological polar surface area (TPSA) is 104 Å². The van der Waals surface area contributed by atoms with Crippen LogP contribution in [0.15, 0.2) is 21.9 Å². The molecule has 2 fully saturated rings. The van der Waals surface area contributed by atoms with Gasteiger partial charge in [0.15, 0.2) is 12.3 Å². The lowest BCUT2D eigenvalue weighted by molar-refractivity contribution is -0.201. The van der Waals surface area contributed by atoms with Crippen LogP contribution in [0, 0.1) is 0 Å². The summed E-state index contributed by atoms with van der Waals surface area (Å²) in [4.78, 5) is 31.5. The van der Waals surface area contributed by atoms with Gasteiger partial charge in [-0.2, -0.15) is 5.48 Å². The van der Waals surface area contributed by atoms with Crippen LogP contribution in [-0.2, 0) is 19.0 Å². The van der Waals surface area contributed by atoms with Crippen molar-refractivity contribution in [2.75, 3.05) is 13.2 Å². The number of hydrogen-bond donors (Lipinski definition) is 2. The standard InChI is InChI=1S/C17H27N3O6/c1-5-11(4)23-9-17-8-18-26-13(14(17)24-10(2)3)15(25-17)20-7-6-12(21)19-16(20)22/h6-7,10-11,13-15,18H,5,8-9H2,1-4H3,(H,19,21,22)/t11?,13?,14?,15-,17-/m1/s1. The quantitative estimate of drug-likeness (QED) is 0.713. The fourth-order valence-corrected chi connectivity index (χ4v) is 3.25. The molecule has 2 saturated heterocycles. The highest BCUT2D eigenvalue weighted by atomic mass is 16.7. The molecule has 9 heteroatoms. The lowest BCUT2D eigenvalue weighted by Gasteiger charge is -2.39. The number of hydrogen-bond acceptors (Lipinski definition) is 7. The van der Waals surface area contributed by atoms with Gasteiger partial charge in [0.1, 0.15) is 11.7 Å². The zero-order valence-electron chi connectivity index (χ0n) is 15.6. The van der Waals surface area contributed by atoms with E-state index in [-0.39, 0.29) is 12.2 Å². The van der Waals surface area contributed by atoms with Gasteiger partial charge < -0.3 is 14.2 Å². The minimum Gasteiger partial charge on any atom is -0.375 e. The lowest BCUT2D eigenvalue weighted by atomic mass is 9.94. The molecule has 0 aromatic carbocycles. The predicted octanol–water partition coefficient (Wildman–Crippen LogP) is 0.316. The van der Waals surface area contributed by atoms with E-state index >= 15 is 0 Å². The summed E-state index contributed by atoms with van der Waals surface area (Å²) in [6, 6.07) is 1.28. The van der Waals surface area contributed by atoms with E-state index in [0.29, 0.717) is 13.2 Å². The first-order valence-electron chi connectivity index (χ1n) is 9.01. The smallest absolute Gasteiger partial charge is 0.330 e. The van der Waals surface area contributed by atoms with Crippen molar-refractivity contribution in [3.63, 3.8) is 0 Å². The Balaban J connectivity index is 1.94. The summed E-state index contributed by atoms with van der Waals surface area (Å²) in [6.45, 7) is 8.59. The average molecular weight is 369 g/mol. The summed E-state index contributed by atoms with van der Waals surface area (Å²) in [6.07, 6.45) is 0.587. The first-order chi connectivity index (χ1) is 12.4. The highest BCUT2D eigenvalue weighted by molar-refractivity contribution is 5.07. The molecule has 5 atom stereocenters. The summed E-state index contributed by atoms with van der Waals surface area (Å²) in [5, 5.41) is 0. The second-order valence-electron chi connectivity index (χ2n) is 7.13. The van der Waals surface area contributed by atoms with Gasteiger partial charge >= 0.3 is 5.69 Å². The predicted molar refractivity (Wildman–Crippen MR) is 92.8 cm³/mol. The van der Waals surface area contributed by atoms with Gasteiger partial charge in [-0.05, 0) is 27.2 Å². The van der Waals surface area contributed by atoms with Crippen LogP contribution < -0.4 is 16.7 Å². The van der Waals surface area contributed by atoms with Crippen molar-refractivity contribution in [2.24, 2.45) is 0 Å². The second-order valence-corrected chi connectivity index (χ2v) is 7.13. The Kier molecular flexibility index (Phi) is 5.64. The van der Waals surface area contributed by atoms with E-state index < -0.39 is 35.3 Å². The zero-order chi connectivity index (χ0) is 18.9. The largest absolute Gasteiger partial charge is 0.375 e. The van der Waals surface area contributed by atoms with E-state index in [4.69, 9.17) is 19.0 Å². The monoisotopic (exact) mass is 369 g/mol. The molecule has 0 spiro atoms. The number of rotatable bonds is 7. The molecule has 0 amide bonds. The maximum Gasteiger partial charge on any atom is 0.330 e. The molecule has 2 N–H and O–H groups in total. The van der Waals surface area contributed by atoms with Crippen LogP contribution in [0.4, 0.5) is 0 Å². The number of nitrogens with zero attached hydrogens (tertiary/aromatic N) is 1. The number of hydroxylamine groups is 1. The van der Waals surface area contributed by atoms with E-state index in [1.165, 1.54) is 16.8 Å². The van der Waals surface area contributed by atoms with Crippen molar-refractivity contribution in [3.8, 4) is 0 Å². The summed E-state index contributed by atoms with van der Waals surface area (Å²) in [7, 11) is 0. The molecule has 2 aliphatic rings. The van der Waals surface area contributed by atoms with Crippen molar-refractivity contribution < 1.29 is 19.0 Å². The Morgan fingerprint density at radius 3 is 2.81 bits per heavy atom. The third-order valence-corrected chi connectivity index (χ3v) is 4.78. The fourth-order valence-electron chi connectivity index (χ4n) is 3.25. The molecule has 1 aromatic rings. The molecule has 9 nitrogen and oxygen atoms in total. The molecule has 1 aromatic heterocycles. The average Bonchev–Trinajstić information content (AvgIpc) is 2.75. The Morgan fingerprint density at radius 1 is 1.38 bits per heavy atom. The Bertz CT molecular complexity index is 732. The van der Waals surface area contributed by atoms with Crippen molar-refractivity contribution in [3.05, 3.63) is 33.1 Å². The van der Waals surface area contributed by atoms with Gasteiger partial charge in [-0.3, -0.25) is 19.2 Å². The Labute approximate surface area is 151 Å². The molecule has 2 bridgehead atoms. The molecule has 0 radical (unpaired) electrons. The summed E-state index contributed by atoms with van der Waals surface area (Å²) >= 11 is 0. The van der Waals surface area contributed by atoms with Gasteiger partial charge in [-0.25, -0.2) is 4.79 Å². The lowest BCUT2D eigenvalue weighted by Crippen LogP contribution is -2.60. The van der Waals surface area contributed by atoms with Crippen molar-refractivity contribution in [1.82, 2.24) is 15.0 Å². The van der Waals surface area contributed by atoms with Gasteiger partial charge in [-0.15, -0.1) is 0 Å². The molecule has 2 aliphatic heterocycles. The maximum atomic E-state index is 12.2. The van der Waals surface area contributed by atoms with Crippen LogP contribution in [0.25, 0.3) is 0 Å². The summed E-state index contributed by atoms with van der Waals surface area (Å²) in [5.41, 5.74) is 1.08. The molecule has 26 heavy (non-hydrogen) atoms. The number of aromatic amines is 1. The molecule has 146 valence electrons. The number of ether oxygens (including phenoxy) is 3. The van der Waals surface area contributed by atoms with Crippen LogP contribution in [-0.4, -0.2) is 52.7 Å². The highest BCUT2D eigenvalue weighted by Crippen LogP contribution is 2.43. The van der Waals surface area contributed by atoms with Gasteiger partial charge in [0.25, 0.3) is 5.56 Å². The van der Waals surface area contributed by atoms with Crippen molar-refractivity contribution in [2.45, 2.75) is 70.4 Å². The minimum absolute atomic E-state index is 0.0539. The molecule has 0 saturated carbocycles. The summed E-state index contributed by atoms with van der Waals surface area (Å²) in [5.74, 6) is 0. The normalized spacial score (nSPS) is 32.1. The first kappa shape index (κ1) is 19.2. The van der Waals surface area contributed by atoms with Crippen LogP contribution in [0.3, 0.4) is 0 Å². The fraction of sp³-hybridized carbons (Fsp3) is 0.765. The van der Waals surface area contributed by atoms with E-state index in [9.17, 15) is 9.59 Å². The van der Waals surface area contributed by atoms with Gasteiger partial charge in [0.05, 0.1) is 25.4 Å². The highest BCUT2D eigenvalue weighted by Gasteiger charge is 2.61. The van der Waals surface area contributed by atoms with Gasteiger partial charge in [-0.1, -0.05) is 6.92 Å². The number of H-pyrrole nitrogens is 1. The zero-order valence-corrected chi connectivity index (χ0v) is 15.6. The van der Waals surface area contributed by atoms with Crippen LogP contribution in [0.2, 0.25) is 0 Å². The van der Waals surface area contributed by atoms with E-state index in [1.807, 2.05) is 27.7 Å². The molecule has 3 rings (SSSR count). The number of aromatic nitrogens is 2. The molecular weight excluding hydrogens is 342 g/mol. The van der Waals surface area contributed by atoms with Crippen molar-refractivity contribution >= 4 is 0 Å². The number of nitrogens with one attached hydrogen (secondary N) is 2. The van der Waals surface area contributed by atoms with E-state index in [1.54, 1.807) is 0 Å². The van der Waals surface area contributed by atoms with Crippen LogP contribution in [0.1, 0.15) is 40.3 Å². The number of fused-ring (bicyclic) bond motifs is 2. The van der Waals surface area contributed by atoms with E-state index in [2.05, 4.69) is 10.5 Å². The van der Waals surface area contributed by atoms with Gasteiger partial charge in [0.2, 0.25) is 0 Å². The Morgan fingerprint density at radius 2 is 2.15 bits per heavy atom. The van der Waals surface area contributed by atoms with E-state index in [0.717, 1.165) is 6.42 Å². The first-order valence-corrected chi connectivity index (χ1v) is 9.01. The Hall–Kier alpha value is -1.52. The second kappa shape index (κ2) is 7.61. The third-order valence-electron chi connectivity index (χ3n) is 4.78. The van der Waals surface area contributed by atoms with Crippen LogP contribution in [0.5, 0.6) is 0 Å². The third kappa shape index (κ3) is 3.63. The summed E-state index contributed by atoms with van der Waals surface area (Å²) < 4.78 is 19.7. The molecular formula is C17H27N3O6. The van der Waals surface area contributed by atoms with Crippen molar-refractivity contribution in [1.29, 1.82) is 0 Å². The van der Waals surface area contributed by atoms with Crippen LogP contribution >= 0.6 is 0 Å². The molecule has 0 aliphatic carbocycles. The SMILES string of the molecule is CCC(C)OC[C@]12CNOC(C1OC(C)C)[C@H](n1ccc(=O)[nH]c1=O)O2.